The van der Waals surface area contributed by atoms with Crippen molar-refractivity contribution < 1.29 is 26.4 Å². The fourth-order valence-electron chi connectivity index (χ4n) is 2.92. The van der Waals surface area contributed by atoms with E-state index >= 15 is 0 Å². The molecule has 0 radical (unpaired) electrons. The van der Waals surface area contributed by atoms with Crippen LogP contribution in [0.25, 0.3) is 6.08 Å². The lowest BCUT2D eigenvalue weighted by atomic mass is 10.1. The van der Waals surface area contributed by atoms with Crippen LogP contribution in [0.4, 0.5) is 13.2 Å². The highest BCUT2D eigenvalue weighted by molar-refractivity contribution is 7.89. The number of halogens is 3. The quantitative estimate of drug-likeness (QED) is 0.544. The zero-order valence-corrected chi connectivity index (χ0v) is 15.6. The lowest BCUT2D eigenvalue weighted by Crippen LogP contribution is -2.27. The number of ketones is 1. The lowest BCUT2D eigenvalue weighted by molar-refractivity contribution is -0.137. The van der Waals surface area contributed by atoms with Crippen molar-refractivity contribution in [2.24, 2.45) is 0 Å². The number of benzene rings is 2. The largest absolute Gasteiger partial charge is 0.416 e. The number of rotatable bonds is 5. The molecule has 0 spiro atoms. The van der Waals surface area contributed by atoms with E-state index in [4.69, 9.17) is 0 Å². The van der Waals surface area contributed by atoms with Gasteiger partial charge in [-0.2, -0.15) is 17.5 Å². The van der Waals surface area contributed by atoms with Gasteiger partial charge in [0.1, 0.15) is 0 Å². The van der Waals surface area contributed by atoms with Gasteiger partial charge >= 0.3 is 6.18 Å². The van der Waals surface area contributed by atoms with Crippen LogP contribution in [0.5, 0.6) is 0 Å². The van der Waals surface area contributed by atoms with Gasteiger partial charge in [0.05, 0.1) is 10.5 Å². The van der Waals surface area contributed by atoms with E-state index in [2.05, 4.69) is 0 Å². The first-order valence-electron chi connectivity index (χ1n) is 8.68. The van der Waals surface area contributed by atoms with Gasteiger partial charge < -0.3 is 0 Å². The number of hydrogen-bond acceptors (Lipinski definition) is 3. The molecule has 0 bridgehead atoms. The maximum atomic E-state index is 12.6. The smallest absolute Gasteiger partial charge is 0.289 e. The molecule has 4 nitrogen and oxygen atoms in total. The predicted octanol–water partition coefficient (Wildman–Crippen LogP) is 4.39. The van der Waals surface area contributed by atoms with E-state index in [0.29, 0.717) is 24.2 Å². The third-order valence-corrected chi connectivity index (χ3v) is 6.42. The van der Waals surface area contributed by atoms with E-state index in [0.717, 1.165) is 25.0 Å². The van der Waals surface area contributed by atoms with Crippen molar-refractivity contribution in [3.8, 4) is 0 Å². The van der Waals surface area contributed by atoms with Gasteiger partial charge in [0.25, 0.3) is 0 Å². The van der Waals surface area contributed by atoms with Crippen LogP contribution in [0.2, 0.25) is 0 Å². The van der Waals surface area contributed by atoms with Crippen molar-refractivity contribution in [1.82, 2.24) is 4.31 Å². The summed E-state index contributed by atoms with van der Waals surface area (Å²) in [7, 11) is -3.54. The summed E-state index contributed by atoms with van der Waals surface area (Å²) in [6.07, 6.45) is -0.0752. The Morgan fingerprint density at radius 3 is 2.04 bits per heavy atom. The lowest BCUT2D eigenvalue weighted by Gasteiger charge is -2.15. The molecule has 0 saturated carbocycles. The summed E-state index contributed by atoms with van der Waals surface area (Å²) < 4.78 is 64.0. The van der Waals surface area contributed by atoms with Gasteiger partial charge in [-0.25, -0.2) is 8.42 Å². The third-order valence-electron chi connectivity index (χ3n) is 4.51. The van der Waals surface area contributed by atoms with Crippen molar-refractivity contribution in [1.29, 1.82) is 0 Å². The van der Waals surface area contributed by atoms with E-state index < -0.39 is 21.8 Å². The van der Waals surface area contributed by atoms with Gasteiger partial charge in [-0.05, 0) is 60.9 Å². The van der Waals surface area contributed by atoms with Crippen molar-refractivity contribution in [2.45, 2.75) is 23.9 Å². The predicted molar refractivity (Wildman–Crippen MR) is 99.2 cm³/mol. The molecule has 1 saturated heterocycles. The molecule has 0 N–H and O–H groups in total. The fourth-order valence-corrected chi connectivity index (χ4v) is 4.44. The number of sulfonamides is 1. The van der Waals surface area contributed by atoms with E-state index in [1.807, 2.05) is 0 Å². The minimum Gasteiger partial charge on any atom is -0.289 e. The SMILES string of the molecule is O=C(C=Cc1ccc(C(F)(F)F)cc1)c1ccc(S(=O)(=O)N2CCCC2)cc1. The Bertz CT molecular complexity index is 973. The monoisotopic (exact) mass is 409 g/mol. The van der Waals surface area contributed by atoms with Crippen LogP contribution in [0.3, 0.4) is 0 Å². The van der Waals surface area contributed by atoms with E-state index in [-0.39, 0.29) is 10.7 Å². The summed E-state index contributed by atoms with van der Waals surface area (Å²) in [5.41, 5.74) is -0.0103. The second-order valence-electron chi connectivity index (χ2n) is 6.45. The van der Waals surface area contributed by atoms with E-state index in [1.165, 1.54) is 52.9 Å². The maximum Gasteiger partial charge on any atom is 0.416 e. The van der Waals surface area contributed by atoms with Crippen LogP contribution in [0.15, 0.2) is 59.5 Å². The van der Waals surface area contributed by atoms with Crippen LogP contribution in [0.1, 0.15) is 34.3 Å². The Kier molecular flexibility index (Phi) is 5.71. The average Bonchev–Trinajstić information content (AvgIpc) is 3.21. The summed E-state index contributed by atoms with van der Waals surface area (Å²) in [6, 6.07) is 10.1. The number of allylic oxidation sites excluding steroid dienone is 1. The molecular weight excluding hydrogens is 391 g/mol. The summed E-state index contributed by atoms with van der Waals surface area (Å²) in [6.45, 7) is 0.998. The number of carbonyl (C=O) groups excluding carboxylic acids is 1. The average molecular weight is 409 g/mol. The van der Waals surface area contributed by atoms with Crippen LogP contribution >= 0.6 is 0 Å². The molecule has 2 aromatic carbocycles. The van der Waals surface area contributed by atoms with Crippen molar-refractivity contribution in [3.63, 3.8) is 0 Å². The molecule has 1 aliphatic heterocycles. The molecule has 3 rings (SSSR count). The number of alkyl halides is 3. The van der Waals surface area contributed by atoms with E-state index in [1.54, 1.807) is 0 Å². The fraction of sp³-hybridized carbons (Fsp3) is 0.250. The van der Waals surface area contributed by atoms with E-state index in [9.17, 15) is 26.4 Å². The summed E-state index contributed by atoms with van der Waals surface area (Å²) in [5, 5.41) is 0. The first kappa shape index (κ1) is 20.3. The van der Waals surface area contributed by atoms with Gasteiger partial charge in [0.2, 0.25) is 10.0 Å². The zero-order valence-electron chi connectivity index (χ0n) is 14.8. The summed E-state index contributed by atoms with van der Waals surface area (Å²) >= 11 is 0. The molecule has 8 heteroatoms. The van der Waals surface area contributed by atoms with Gasteiger partial charge in [0.15, 0.2) is 5.78 Å². The first-order chi connectivity index (χ1) is 13.2. The molecule has 0 atom stereocenters. The van der Waals surface area contributed by atoms with Crippen LogP contribution in [-0.2, 0) is 16.2 Å². The van der Waals surface area contributed by atoms with Gasteiger partial charge in [-0.15, -0.1) is 0 Å². The van der Waals surface area contributed by atoms with Gasteiger partial charge in [-0.3, -0.25) is 4.79 Å². The highest BCUT2D eigenvalue weighted by Crippen LogP contribution is 2.29. The van der Waals surface area contributed by atoms with Crippen LogP contribution < -0.4 is 0 Å². The Balaban J connectivity index is 1.70. The maximum absolute atomic E-state index is 12.6. The van der Waals surface area contributed by atoms with Crippen molar-refractivity contribution >= 4 is 21.9 Å². The Labute approximate surface area is 161 Å². The Morgan fingerprint density at radius 1 is 0.929 bits per heavy atom. The first-order valence-corrected chi connectivity index (χ1v) is 10.1. The molecule has 1 fully saturated rings. The number of hydrogen-bond donors (Lipinski definition) is 0. The molecule has 148 valence electrons. The summed E-state index contributed by atoms with van der Waals surface area (Å²) in [5.74, 6) is -0.370. The second kappa shape index (κ2) is 7.89. The third kappa shape index (κ3) is 4.51. The minimum atomic E-state index is -4.41. The molecule has 0 aromatic heterocycles. The molecule has 1 heterocycles. The van der Waals surface area contributed by atoms with Gasteiger partial charge in [-0.1, -0.05) is 18.2 Å². The molecule has 2 aromatic rings. The minimum absolute atomic E-state index is 0.137. The van der Waals surface area contributed by atoms with Crippen molar-refractivity contribution in [2.75, 3.05) is 13.1 Å². The normalized spacial score (nSPS) is 16.0. The zero-order chi connectivity index (χ0) is 20.4. The Morgan fingerprint density at radius 2 is 1.50 bits per heavy atom. The Hall–Kier alpha value is -2.45. The molecule has 0 aliphatic carbocycles. The van der Waals surface area contributed by atoms with Gasteiger partial charge in [0, 0.05) is 18.7 Å². The number of carbonyl (C=O) groups is 1. The van der Waals surface area contributed by atoms with Crippen LogP contribution in [-0.4, -0.2) is 31.6 Å². The molecule has 28 heavy (non-hydrogen) atoms. The second-order valence-corrected chi connectivity index (χ2v) is 8.39. The molecule has 0 amide bonds. The standard InChI is InChI=1S/C20H18F3NO3S/c21-20(22,23)17-8-3-15(4-9-17)5-12-19(25)16-6-10-18(11-7-16)28(26,27)24-13-1-2-14-24/h3-12H,1-2,13-14H2. The highest BCUT2D eigenvalue weighted by atomic mass is 32.2. The molecule has 1 aliphatic rings. The molecular formula is C20H18F3NO3S. The molecule has 0 unspecified atom stereocenters. The highest BCUT2D eigenvalue weighted by Gasteiger charge is 2.30. The van der Waals surface area contributed by atoms with Crippen molar-refractivity contribution in [3.05, 3.63) is 71.3 Å². The summed E-state index contributed by atoms with van der Waals surface area (Å²) in [4.78, 5) is 12.4. The van der Waals surface area contributed by atoms with Crippen LogP contribution in [0, 0.1) is 0 Å². The number of nitrogens with zero attached hydrogens (tertiary/aromatic N) is 1. The topological polar surface area (TPSA) is 54.5 Å².